The van der Waals surface area contributed by atoms with E-state index in [0.29, 0.717) is 38.3 Å². The van der Waals surface area contributed by atoms with Gasteiger partial charge in [0.15, 0.2) is 0 Å². The lowest BCUT2D eigenvalue weighted by Crippen LogP contribution is -2.51. The Kier molecular flexibility index (Phi) is 7.86. The van der Waals surface area contributed by atoms with Crippen molar-refractivity contribution in [3.05, 3.63) is 95.8 Å². The minimum absolute atomic E-state index is 0.0610. The molecule has 5 rings (SSSR count). The second-order valence-electron chi connectivity index (χ2n) is 10.7. The van der Waals surface area contributed by atoms with E-state index in [1.54, 1.807) is 6.20 Å². The van der Waals surface area contributed by atoms with E-state index in [1.807, 2.05) is 47.0 Å². The number of anilines is 1. The molecule has 1 unspecified atom stereocenters. The Hall–Kier alpha value is -4.21. The maximum atomic E-state index is 11.0. The number of nitrogens with two attached hydrogens (primary N) is 2. The number of nitrogens with one attached hydrogen (secondary N) is 2. The monoisotopic (exact) mass is 539 g/mol. The summed E-state index contributed by atoms with van der Waals surface area (Å²) >= 11 is 0. The van der Waals surface area contributed by atoms with Crippen LogP contribution in [0.25, 0.3) is 16.8 Å². The molecule has 2 aliphatic carbocycles. The highest BCUT2D eigenvalue weighted by Crippen LogP contribution is 2.45. The van der Waals surface area contributed by atoms with E-state index in [9.17, 15) is 9.90 Å². The SMILES string of the molecule is CC(=O)NCCNCC1(O)CC(c2nc(C3=CC(C)/C(=C\C=C(/N)c4ccccc4)C=C3)c3c(N)nccn23)C1. The second kappa shape index (κ2) is 11.5. The number of carbonyl (C=O) groups excluding carboxylic acids is 1. The van der Waals surface area contributed by atoms with E-state index in [-0.39, 0.29) is 17.7 Å². The van der Waals surface area contributed by atoms with Gasteiger partial charge in [0.25, 0.3) is 0 Å². The second-order valence-corrected chi connectivity index (χ2v) is 10.7. The molecule has 0 bridgehead atoms. The first-order valence-corrected chi connectivity index (χ1v) is 13.7. The summed E-state index contributed by atoms with van der Waals surface area (Å²) in [5.41, 5.74) is 17.3. The highest BCUT2D eigenvalue weighted by molar-refractivity contribution is 5.88. The summed E-state index contributed by atoms with van der Waals surface area (Å²) in [5.74, 6) is 1.48. The molecule has 2 aliphatic rings. The number of aliphatic hydroxyl groups is 1. The van der Waals surface area contributed by atoms with Crippen LogP contribution >= 0.6 is 0 Å². The molecule has 1 saturated carbocycles. The standard InChI is InChI=1S/C31H37N7O2/c1-20-16-24(9-8-22(20)10-11-26(32)23-6-4-3-5-7-23)27-28-29(33)36-14-15-38(28)30(37-27)25-17-31(40,18-25)19-34-12-13-35-21(2)39/h3-11,14-16,20,25,34,40H,12-13,17-19,32H2,1-2H3,(H2,33,36)(H,35,39)/b22-10-,26-11-. The lowest BCUT2D eigenvalue weighted by atomic mass is 9.70. The van der Waals surface area contributed by atoms with E-state index in [2.05, 4.69) is 46.8 Å². The van der Waals surface area contributed by atoms with Crippen molar-refractivity contribution in [2.45, 2.75) is 38.2 Å². The van der Waals surface area contributed by atoms with Gasteiger partial charge in [0.2, 0.25) is 5.91 Å². The molecule has 0 radical (unpaired) electrons. The zero-order valence-corrected chi connectivity index (χ0v) is 23.0. The van der Waals surface area contributed by atoms with Gasteiger partial charge in [-0.2, -0.15) is 0 Å². The normalized spacial score (nSPS) is 23.7. The van der Waals surface area contributed by atoms with Gasteiger partial charge in [-0.15, -0.1) is 0 Å². The number of rotatable bonds is 9. The number of amides is 1. The average molecular weight is 540 g/mol. The van der Waals surface area contributed by atoms with Crippen molar-refractivity contribution in [1.29, 1.82) is 0 Å². The summed E-state index contributed by atoms with van der Waals surface area (Å²) < 4.78 is 2.01. The van der Waals surface area contributed by atoms with Crippen LogP contribution in [0.4, 0.5) is 5.82 Å². The first-order chi connectivity index (χ1) is 19.2. The number of benzene rings is 1. The van der Waals surface area contributed by atoms with Crippen molar-refractivity contribution in [2.24, 2.45) is 11.7 Å². The fourth-order valence-electron chi connectivity index (χ4n) is 5.45. The van der Waals surface area contributed by atoms with Crippen molar-refractivity contribution >= 4 is 28.5 Å². The van der Waals surface area contributed by atoms with Gasteiger partial charge in [-0.05, 0) is 41.5 Å². The molecule has 7 N–H and O–H groups in total. The Balaban J connectivity index is 1.32. The number of carbonyl (C=O) groups is 1. The van der Waals surface area contributed by atoms with Crippen molar-refractivity contribution in [3.63, 3.8) is 0 Å². The number of aromatic nitrogens is 3. The van der Waals surface area contributed by atoms with Crippen LogP contribution in [0.15, 0.2) is 78.7 Å². The van der Waals surface area contributed by atoms with E-state index < -0.39 is 5.60 Å². The smallest absolute Gasteiger partial charge is 0.216 e. The Morgan fingerprint density at radius 2 is 2.00 bits per heavy atom. The third-order valence-corrected chi connectivity index (χ3v) is 7.60. The van der Waals surface area contributed by atoms with Crippen LogP contribution in [0.3, 0.4) is 0 Å². The molecule has 208 valence electrons. The molecule has 9 nitrogen and oxygen atoms in total. The maximum absolute atomic E-state index is 11.0. The number of allylic oxidation sites excluding steroid dienone is 7. The van der Waals surface area contributed by atoms with Crippen molar-refractivity contribution < 1.29 is 9.90 Å². The van der Waals surface area contributed by atoms with Gasteiger partial charge in [0.05, 0.1) is 11.3 Å². The lowest BCUT2D eigenvalue weighted by Gasteiger charge is -2.43. The zero-order chi connectivity index (χ0) is 28.3. The predicted octanol–water partition coefficient (Wildman–Crippen LogP) is 3.16. The Labute approximate surface area is 234 Å². The van der Waals surface area contributed by atoms with Gasteiger partial charge >= 0.3 is 0 Å². The summed E-state index contributed by atoms with van der Waals surface area (Å²) in [4.78, 5) is 20.4. The largest absolute Gasteiger partial charge is 0.398 e. The average Bonchev–Trinajstić information content (AvgIpc) is 3.31. The lowest BCUT2D eigenvalue weighted by molar-refractivity contribution is -0.118. The van der Waals surface area contributed by atoms with Gasteiger partial charge in [-0.3, -0.25) is 9.20 Å². The van der Waals surface area contributed by atoms with Crippen LogP contribution in [0.2, 0.25) is 0 Å². The predicted molar refractivity (Wildman–Crippen MR) is 159 cm³/mol. The molecule has 0 saturated heterocycles. The van der Waals surface area contributed by atoms with E-state index >= 15 is 0 Å². The van der Waals surface area contributed by atoms with E-state index in [0.717, 1.165) is 39.4 Å². The molecule has 1 amide bonds. The first-order valence-electron chi connectivity index (χ1n) is 13.7. The molecule has 2 aromatic heterocycles. The molecule has 3 aromatic rings. The van der Waals surface area contributed by atoms with Crippen LogP contribution in [-0.2, 0) is 4.79 Å². The number of imidazole rings is 1. The molecular weight excluding hydrogens is 502 g/mol. The Morgan fingerprint density at radius 1 is 1.23 bits per heavy atom. The molecule has 9 heteroatoms. The number of hydrogen-bond acceptors (Lipinski definition) is 7. The van der Waals surface area contributed by atoms with Crippen LogP contribution in [0.5, 0.6) is 0 Å². The third kappa shape index (κ3) is 5.85. The Bertz CT molecular complexity index is 1510. The summed E-state index contributed by atoms with van der Waals surface area (Å²) in [5, 5.41) is 17.0. The molecule has 0 aliphatic heterocycles. The molecule has 2 heterocycles. The van der Waals surface area contributed by atoms with Crippen LogP contribution in [-0.4, -0.2) is 50.6 Å². The fraction of sp³-hybridized carbons (Fsp3) is 0.323. The molecule has 1 aromatic carbocycles. The number of hydrogen-bond donors (Lipinski definition) is 5. The van der Waals surface area contributed by atoms with E-state index in [1.165, 1.54) is 6.92 Å². The van der Waals surface area contributed by atoms with Crippen LogP contribution in [0.1, 0.15) is 49.7 Å². The molecule has 1 atom stereocenters. The minimum Gasteiger partial charge on any atom is -0.398 e. The van der Waals surface area contributed by atoms with Crippen molar-refractivity contribution in [2.75, 3.05) is 25.4 Å². The van der Waals surface area contributed by atoms with Gasteiger partial charge in [-0.1, -0.05) is 61.6 Å². The third-order valence-electron chi connectivity index (χ3n) is 7.60. The quantitative estimate of drug-likeness (QED) is 0.263. The highest BCUT2D eigenvalue weighted by Gasteiger charge is 2.45. The van der Waals surface area contributed by atoms with Crippen LogP contribution < -0.4 is 22.1 Å². The highest BCUT2D eigenvalue weighted by atomic mass is 16.3. The van der Waals surface area contributed by atoms with Crippen molar-refractivity contribution in [3.8, 4) is 0 Å². The first kappa shape index (κ1) is 27.4. The van der Waals surface area contributed by atoms with Gasteiger partial charge in [-0.25, -0.2) is 9.97 Å². The van der Waals surface area contributed by atoms with Crippen molar-refractivity contribution in [1.82, 2.24) is 25.0 Å². The summed E-state index contributed by atoms with van der Waals surface area (Å²) in [6.07, 6.45) is 15.1. The maximum Gasteiger partial charge on any atom is 0.216 e. The fourth-order valence-corrected chi connectivity index (χ4v) is 5.45. The summed E-state index contributed by atoms with van der Waals surface area (Å²) in [7, 11) is 0. The number of nitrogen functional groups attached to an aromatic ring is 1. The minimum atomic E-state index is -0.807. The van der Waals surface area contributed by atoms with Gasteiger partial charge in [0, 0.05) is 50.6 Å². The topological polar surface area (TPSA) is 144 Å². The Morgan fingerprint density at radius 3 is 2.73 bits per heavy atom. The van der Waals surface area contributed by atoms with E-state index in [4.69, 9.17) is 16.5 Å². The molecule has 40 heavy (non-hydrogen) atoms. The van der Waals surface area contributed by atoms with Gasteiger partial charge in [0.1, 0.15) is 17.2 Å². The van der Waals surface area contributed by atoms with Crippen LogP contribution in [0, 0.1) is 5.92 Å². The molecule has 1 fully saturated rings. The summed E-state index contributed by atoms with van der Waals surface area (Å²) in [6, 6.07) is 9.92. The van der Waals surface area contributed by atoms with Gasteiger partial charge < -0.3 is 27.2 Å². The number of fused-ring (bicyclic) bond motifs is 1. The molecule has 0 spiro atoms. The number of nitrogens with zero attached hydrogens (tertiary/aromatic N) is 3. The molecular formula is C31H37N7O2. The summed E-state index contributed by atoms with van der Waals surface area (Å²) in [6.45, 7) is 5.24. The zero-order valence-electron chi connectivity index (χ0n) is 23.0.